The summed E-state index contributed by atoms with van der Waals surface area (Å²) < 4.78 is 1.93. The minimum Gasteiger partial charge on any atom is -0.507 e. The second kappa shape index (κ2) is 3.59. The second-order valence-corrected chi connectivity index (χ2v) is 3.88. The van der Waals surface area contributed by atoms with Gasteiger partial charge in [0.15, 0.2) is 0 Å². The number of hydrogen-bond acceptors (Lipinski definition) is 3. The number of para-hydroxylation sites is 1. The highest BCUT2D eigenvalue weighted by Crippen LogP contribution is 2.29. The molecule has 0 amide bonds. The molecule has 0 aliphatic heterocycles. The number of aryl methyl sites for hydroxylation is 1. The monoisotopic (exact) mass is 225 g/mol. The van der Waals surface area contributed by atoms with Gasteiger partial charge in [0.2, 0.25) is 0 Å². The maximum absolute atomic E-state index is 9.84. The van der Waals surface area contributed by atoms with Crippen molar-refractivity contribution in [1.29, 1.82) is 0 Å². The number of pyridine rings is 1. The van der Waals surface area contributed by atoms with Crippen LogP contribution >= 0.6 is 0 Å². The minimum atomic E-state index is 0.235. The number of aromatic nitrogens is 3. The molecule has 0 saturated carbocycles. The summed E-state index contributed by atoms with van der Waals surface area (Å²) in [5.41, 5.74) is 2.55. The molecule has 2 aromatic heterocycles. The van der Waals surface area contributed by atoms with Gasteiger partial charge in [0, 0.05) is 13.2 Å². The van der Waals surface area contributed by atoms with Gasteiger partial charge < -0.3 is 9.67 Å². The van der Waals surface area contributed by atoms with Gasteiger partial charge in [-0.05, 0) is 18.2 Å². The first-order chi connectivity index (χ1) is 8.27. The SMILES string of the molecule is Cn1c(-c2ccccc2O)nc2ccncc21. The van der Waals surface area contributed by atoms with Crippen LogP contribution < -0.4 is 0 Å². The minimum absolute atomic E-state index is 0.235. The Morgan fingerprint density at radius 2 is 2.00 bits per heavy atom. The Balaban J connectivity index is 2.32. The zero-order valence-electron chi connectivity index (χ0n) is 9.33. The van der Waals surface area contributed by atoms with E-state index in [9.17, 15) is 5.11 Å². The van der Waals surface area contributed by atoms with E-state index in [0.29, 0.717) is 0 Å². The molecule has 0 aliphatic rings. The van der Waals surface area contributed by atoms with E-state index in [2.05, 4.69) is 9.97 Å². The zero-order chi connectivity index (χ0) is 11.8. The van der Waals surface area contributed by atoms with E-state index in [1.165, 1.54) is 0 Å². The van der Waals surface area contributed by atoms with Gasteiger partial charge in [-0.3, -0.25) is 4.98 Å². The fourth-order valence-electron chi connectivity index (χ4n) is 1.94. The number of imidazole rings is 1. The summed E-state index contributed by atoms with van der Waals surface area (Å²) in [5, 5.41) is 9.84. The third-order valence-corrected chi connectivity index (χ3v) is 2.83. The van der Waals surface area contributed by atoms with Gasteiger partial charge in [-0.25, -0.2) is 4.98 Å². The van der Waals surface area contributed by atoms with Crippen molar-refractivity contribution in [3.05, 3.63) is 42.7 Å². The molecule has 0 radical (unpaired) electrons. The predicted octanol–water partition coefficient (Wildman–Crippen LogP) is 2.34. The van der Waals surface area contributed by atoms with Crippen LogP contribution in [0.3, 0.4) is 0 Å². The normalized spacial score (nSPS) is 10.9. The first-order valence-corrected chi connectivity index (χ1v) is 5.32. The van der Waals surface area contributed by atoms with Crippen LogP contribution in [0.5, 0.6) is 5.75 Å². The number of rotatable bonds is 1. The molecule has 4 heteroatoms. The molecular weight excluding hydrogens is 214 g/mol. The van der Waals surface area contributed by atoms with Gasteiger partial charge in [0.25, 0.3) is 0 Å². The van der Waals surface area contributed by atoms with E-state index in [1.54, 1.807) is 24.5 Å². The summed E-state index contributed by atoms with van der Waals surface area (Å²) in [6, 6.07) is 9.05. The summed E-state index contributed by atoms with van der Waals surface area (Å²) in [4.78, 5) is 8.59. The predicted molar refractivity (Wildman–Crippen MR) is 65.6 cm³/mol. The van der Waals surface area contributed by atoms with Crippen molar-refractivity contribution in [3.8, 4) is 17.1 Å². The number of aromatic hydroxyl groups is 1. The van der Waals surface area contributed by atoms with Crippen LogP contribution in [-0.2, 0) is 7.05 Å². The summed E-state index contributed by atoms with van der Waals surface area (Å²) in [6.45, 7) is 0. The first-order valence-electron chi connectivity index (χ1n) is 5.32. The topological polar surface area (TPSA) is 50.9 Å². The van der Waals surface area contributed by atoms with Crippen molar-refractivity contribution in [1.82, 2.24) is 14.5 Å². The lowest BCUT2D eigenvalue weighted by atomic mass is 10.2. The molecule has 3 rings (SSSR count). The fourth-order valence-corrected chi connectivity index (χ4v) is 1.94. The number of hydrogen-bond donors (Lipinski definition) is 1. The molecule has 3 aromatic rings. The van der Waals surface area contributed by atoms with Crippen LogP contribution in [0.15, 0.2) is 42.7 Å². The van der Waals surface area contributed by atoms with Gasteiger partial charge in [-0.2, -0.15) is 0 Å². The molecular formula is C13H11N3O. The highest BCUT2D eigenvalue weighted by atomic mass is 16.3. The highest BCUT2D eigenvalue weighted by Gasteiger charge is 2.12. The molecule has 84 valence electrons. The Morgan fingerprint density at radius 1 is 1.18 bits per heavy atom. The van der Waals surface area contributed by atoms with Gasteiger partial charge in [-0.15, -0.1) is 0 Å². The number of nitrogens with zero attached hydrogens (tertiary/aromatic N) is 3. The fraction of sp³-hybridized carbons (Fsp3) is 0.0769. The van der Waals surface area contributed by atoms with Crippen LogP contribution in [-0.4, -0.2) is 19.6 Å². The lowest BCUT2D eigenvalue weighted by molar-refractivity contribution is 0.476. The Kier molecular flexibility index (Phi) is 2.08. The average Bonchev–Trinajstić information content (AvgIpc) is 2.68. The van der Waals surface area contributed by atoms with E-state index in [0.717, 1.165) is 22.4 Å². The molecule has 1 N–H and O–H groups in total. The standard InChI is InChI=1S/C13H11N3O/c1-16-11-8-14-7-6-10(11)15-13(16)9-4-2-3-5-12(9)17/h2-8,17H,1H3. The molecule has 17 heavy (non-hydrogen) atoms. The number of fused-ring (bicyclic) bond motifs is 1. The molecule has 0 aliphatic carbocycles. The van der Waals surface area contributed by atoms with Crippen LogP contribution in [0.4, 0.5) is 0 Å². The summed E-state index contributed by atoms with van der Waals surface area (Å²) in [6.07, 6.45) is 3.48. The van der Waals surface area contributed by atoms with Crippen LogP contribution in [0.25, 0.3) is 22.4 Å². The van der Waals surface area contributed by atoms with E-state index in [4.69, 9.17) is 0 Å². The maximum atomic E-state index is 9.84. The second-order valence-electron chi connectivity index (χ2n) is 3.88. The number of phenolic OH excluding ortho intramolecular Hbond substituents is 1. The third kappa shape index (κ3) is 1.45. The van der Waals surface area contributed by atoms with Gasteiger partial charge in [0.05, 0.1) is 22.8 Å². The quantitative estimate of drug-likeness (QED) is 0.691. The Bertz CT molecular complexity index is 688. The summed E-state index contributed by atoms with van der Waals surface area (Å²) >= 11 is 0. The molecule has 2 heterocycles. The number of benzene rings is 1. The maximum Gasteiger partial charge on any atom is 0.144 e. The summed E-state index contributed by atoms with van der Waals surface area (Å²) in [5.74, 6) is 0.977. The smallest absolute Gasteiger partial charge is 0.144 e. The molecule has 0 atom stereocenters. The van der Waals surface area contributed by atoms with Crippen LogP contribution in [0, 0.1) is 0 Å². The Labute approximate surface area is 98.2 Å². The van der Waals surface area contributed by atoms with Crippen molar-refractivity contribution < 1.29 is 5.11 Å². The van der Waals surface area contributed by atoms with Crippen molar-refractivity contribution in [2.24, 2.45) is 7.05 Å². The molecule has 4 nitrogen and oxygen atoms in total. The number of phenols is 1. The van der Waals surface area contributed by atoms with E-state index in [-0.39, 0.29) is 5.75 Å². The summed E-state index contributed by atoms with van der Waals surface area (Å²) in [7, 11) is 1.92. The first kappa shape index (κ1) is 9.84. The highest BCUT2D eigenvalue weighted by molar-refractivity contribution is 5.80. The molecule has 0 spiro atoms. The van der Waals surface area contributed by atoms with Crippen molar-refractivity contribution >= 4 is 11.0 Å². The van der Waals surface area contributed by atoms with Crippen LogP contribution in [0.1, 0.15) is 0 Å². The van der Waals surface area contributed by atoms with Gasteiger partial charge >= 0.3 is 0 Å². The zero-order valence-corrected chi connectivity index (χ0v) is 9.33. The molecule has 0 unspecified atom stereocenters. The molecule has 0 bridgehead atoms. The largest absolute Gasteiger partial charge is 0.507 e. The Hall–Kier alpha value is -2.36. The Morgan fingerprint density at radius 3 is 2.76 bits per heavy atom. The van der Waals surface area contributed by atoms with Crippen molar-refractivity contribution in [3.63, 3.8) is 0 Å². The molecule has 0 saturated heterocycles. The van der Waals surface area contributed by atoms with E-state index >= 15 is 0 Å². The van der Waals surface area contributed by atoms with Gasteiger partial charge in [0.1, 0.15) is 11.6 Å². The lowest BCUT2D eigenvalue weighted by Crippen LogP contribution is -1.92. The molecule has 0 fully saturated rings. The van der Waals surface area contributed by atoms with E-state index in [1.807, 2.05) is 29.8 Å². The van der Waals surface area contributed by atoms with Gasteiger partial charge in [-0.1, -0.05) is 12.1 Å². The average molecular weight is 225 g/mol. The third-order valence-electron chi connectivity index (χ3n) is 2.83. The van der Waals surface area contributed by atoms with Crippen molar-refractivity contribution in [2.75, 3.05) is 0 Å². The van der Waals surface area contributed by atoms with Crippen molar-refractivity contribution in [2.45, 2.75) is 0 Å². The lowest BCUT2D eigenvalue weighted by Gasteiger charge is -2.04. The van der Waals surface area contributed by atoms with Crippen LogP contribution in [0.2, 0.25) is 0 Å². The molecule has 1 aromatic carbocycles. The van der Waals surface area contributed by atoms with E-state index < -0.39 is 0 Å².